The Balaban J connectivity index is 0.00000312. The largest absolute Gasteiger partial charge is 0.417 e. The van der Waals surface area contributed by atoms with Crippen LogP contribution in [-0.4, -0.2) is 43.2 Å². The summed E-state index contributed by atoms with van der Waals surface area (Å²) in [6.45, 7) is 6.63. The summed E-state index contributed by atoms with van der Waals surface area (Å²) in [6, 6.07) is 1.06. The molecule has 0 bridgehead atoms. The zero-order chi connectivity index (χ0) is 17.7. The van der Waals surface area contributed by atoms with Crippen LogP contribution < -0.4 is 15.5 Å². The number of halogens is 5. The maximum Gasteiger partial charge on any atom is 0.417 e. The standard InChI is InChI=1S/C15H21ClF3N5.HI/c1-3-20-14(21-4-2)23-11-5-6-24(9-11)13-12(16)7-10(8-22-13)15(17,18)19;/h7-8,11H,3-6,9H2,1-2H3,(H2,20,21,23);1H. The van der Waals surface area contributed by atoms with Crippen LogP contribution in [0.1, 0.15) is 25.8 Å². The van der Waals surface area contributed by atoms with Gasteiger partial charge in [0.25, 0.3) is 0 Å². The van der Waals surface area contributed by atoms with Crippen molar-refractivity contribution in [2.45, 2.75) is 32.5 Å². The second-order valence-corrected chi connectivity index (χ2v) is 5.86. The lowest BCUT2D eigenvalue weighted by Crippen LogP contribution is -2.44. The van der Waals surface area contributed by atoms with Crippen molar-refractivity contribution < 1.29 is 13.2 Å². The molecule has 1 aliphatic heterocycles. The lowest BCUT2D eigenvalue weighted by molar-refractivity contribution is -0.137. The Morgan fingerprint density at radius 2 is 2.16 bits per heavy atom. The molecule has 0 saturated carbocycles. The van der Waals surface area contributed by atoms with Gasteiger partial charge in [-0.05, 0) is 26.3 Å². The maximum absolute atomic E-state index is 12.7. The summed E-state index contributed by atoms with van der Waals surface area (Å²) in [4.78, 5) is 10.1. The molecule has 10 heteroatoms. The Labute approximate surface area is 167 Å². The number of aliphatic imine (C=N–C) groups is 1. The van der Waals surface area contributed by atoms with Gasteiger partial charge in [-0.15, -0.1) is 24.0 Å². The molecule has 0 spiro atoms. The van der Waals surface area contributed by atoms with Crippen molar-refractivity contribution in [2.75, 3.05) is 31.1 Å². The highest BCUT2D eigenvalue weighted by Gasteiger charge is 2.33. The summed E-state index contributed by atoms with van der Waals surface area (Å²) in [5.41, 5.74) is -0.838. The van der Waals surface area contributed by atoms with Gasteiger partial charge < -0.3 is 15.5 Å². The maximum atomic E-state index is 12.7. The Hall–Kier alpha value is -0.970. The molecular weight excluding hydrogens is 470 g/mol. The van der Waals surface area contributed by atoms with E-state index in [0.29, 0.717) is 25.5 Å². The second kappa shape index (κ2) is 9.65. The fourth-order valence-corrected chi connectivity index (χ4v) is 2.85. The summed E-state index contributed by atoms with van der Waals surface area (Å²) < 4.78 is 38.1. The lowest BCUT2D eigenvalue weighted by Gasteiger charge is -2.21. The number of nitrogens with one attached hydrogen (secondary N) is 2. The van der Waals surface area contributed by atoms with Crippen molar-refractivity contribution in [3.05, 3.63) is 22.8 Å². The third kappa shape index (κ3) is 6.05. The molecule has 1 fully saturated rings. The predicted octanol–water partition coefficient (Wildman–Crippen LogP) is 3.53. The molecule has 2 N–H and O–H groups in total. The summed E-state index contributed by atoms with van der Waals surface area (Å²) in [5, 5.41) is 6.49. The molecule has 0 aliphatic carbocycles. The molecular formula is C15H22ClF3IN5. The number of aromatic nitrogens is 1. The van der Waals surface area contributed by atoms with E-state index in [-0.39, 0.29) is 35.0 Å². The van der Waals surface area contributed by atoms with E-state index in [2.05, 4.69) is 20.6 Å². The van der Waals surface area contributed by atoms with E-state index in [4.69, 9.17) is 11.6 Å². The van der Waals surface area contributed by atoms with Gasteiger partial charge in [-0.3, -0.25) is 4.99 Å². The highest BCUT2D eigenvalue weighted by Crippen LogP contribution is 2.34. The molecule has 5 nitrogen and oxygen atoms in total. The van der Waals surface area contributed by atoms with E-state index in [1.165, 1.54) is 0 Å². The highest BCUT2D eigenvalue weighted by atomic mass is 127. The molecule has 0 aromatic carbocycles. The quantitative estimate of drug-likeness (QED) is 0.384. The van der Waals surface area contributed by atoms with Crippen LogP contribution in [0.4, 0.5) is 19.0 Å². The molecule has 25 heavy (non-hydrogen) atoms. The van der Waals surface area contributed by atoms with Crippen molar-refractivity contribution >= 4 is 47.4 Å². The molecule has 1 aliphatic rings. The van der Waals surface area contributed by atoms with Gasteiger partial charge in [0.2, 0.25) is 0 Å². The first-order chi connectivity index (χ1) is 11.3. The molecule has 1 atom stereocenters. The topological polar surface area (TPSA) is 52.6 Å². The van der Waals surface area contributed by atoms with Gasteiger partial charge in [-0.2, -0.15) is 13.2 Å². The summed E-state index contributed by atoms with van der Waals surface area (Å²) >= 11 is 6.01. The number of anilines is 1. The van der Waals surface area contributed by atoms with Crippen molar-refractivity contribution in [1.82, 2.24) is 15.6 Å². The lowest BCUT2D eigenvalue weighted by atomic mass is 10.2. The second-order valence-electron chi connectivity index (χ2n) is 5.46. The van der Waals surface area contributed by atoms with E-state index in [9.17, 15) is 13.2 Å². The molecule has 142 valence electrons. The van der Waals surface area contributed by atoms with Gasteiger partial charge in [0.1, 0.15) is 5.82 Å². The van der Waals surface area contributed by atoms with Crippen LogP contribution in [0.3, 0.4) is 0 Å². The average molecular weight is 492 g/mol. The van der Waals surface area contributed by atoms with Crippen molar-refractivity contribution in [1.29, 1.82) is 0 Å². The first-order valence-electron chi connectivity index (χ1n) is 7.87. The van der Waals surface area contributed by atoms with Crippen LogP contribution in [-0.2, 0) is 6.18 Å². The number of hydrogen-bond donors (Lipinski definition) is 2. The molecule has 2 heterocycles. The van der Waals surface area contributed by atoms with Crippen LogP contribution in [0.25, 0.3) is 0 Å². The van der Waals surface area contributed by atoms with Crippen LogP contribution in [0, 0.1) is 0 Å². The monoisotopic (exact) mass is 491 g/mol. The van der Waals surface area contributed by atoms with Gasteiger partial charge in [-0.1, -0.05) is 11.6 Å². The minimum absolute atomic E-state index is 0. The fourth-order valence-electron chi connectivity index (χ4n) is 2.56. The van der Waals surface area contributed by atoms with E-state index >= 15 is 0 Å². The Morgan fingerprint density at radius 1 is 1.44 bits per heavy atom. The molecule has 1 aromatic heterocycles. The van der Waals surface area contributed by atoms with Gasteiger partial charge in [0.15, 0.2) is 5.96 Å². The van der Waals surface area contributed by atoms with Crippen LogP contribution in [0.5, 0.6) is 0 Å². The number of hydrogen-bond acceptors (Lipinski definition) is 3. The number of pyridine rings is 1. The summed E-state index contributed by atoms with van der Waals surface area (Å²) in [5.74, 6) is 1.12. The molecule has 0 amide bonds. The molecule has 1 saturated heterocycles. The number of guanidine groups is 1. The molecule has 1 unspecified atom stereocenters. The third-order valence-electron chi connectivity index (χ3n) is 3.64. The summed E-state index contributed by atoms with van der Waals surface area (Å²) in [6.07, 6.45) is -2.79. The third-order valence-corrected chi connectivity index (χ3v) is 3.92. The molecule has 0 radical (unpaired) electrons. The first kappa shape index (κ1) is 22.1. The number of alkyl halides is 3. The van der Waals surface area contributed by atoms with Crippen molar-refractivity contribution in [2.24, 2.45) is 4.99 Å². The minimum atomic E-state index is -4.44. The summed E-state index contributed by atoms with van der Waals surface area (Å²) in [7, 11) is 0. The van der Waals surface area contributed by atoms with Crippen molar-refractivity contribution in [3.63, 3.8) is 0 Å². The van der Waals surface area contributed by atoms with Gasteiger partial charge in [-0.25, -0.2) is 4.98 Å². The van der Waals surface area contributed by atoms with E-state index in [1.807, 2.05) is 18.7 Å². The highest BCUT2D eigenvalue weighted by molar-refractivity contribution is 14.0. The van der Waals surface area contributed by atoms with E-state index in [0.717, 1.165) is 31.2 Å². The van der Waals surface area contributed by atoms with Gasteiger partial charge >= 0.3 is 6.18 Å². The van der Waals surface area contributed by atoms with Crippen LogP contribution in [0.2, 0.25) is 5.02 Å². The average Bonchev–Trinajstić information content (AvgIpc) is 2.95. The molecule has 2 rings (SSSR count). The molecule has 1 aromatic rings. The van der Waals surface area contributed by atoms with Crippen molar-refractivity contribution in [3.8, 4) is 0 Å². The number of nitrogens with zero attached hydrogens (tertiary/aromatic N) is 3. The minimum Gasteiger partial charge on any atom is -0.357 e. The Bertz CT molecular complexity index is 597. The van der Waals surface area contributed by atoms with Gasteiger partial charge in [0, 0.05) is 38.4 Å². The first-order valence-corrected chi connectivity index (χ1v) is 8.25. The van der Waals surface area contributed by atoms with E-state index in [1.54, 1.807) is 0 Å². The SMILES string of the molecule is CCN=C(NCC)NC1CCN(c2ncc(C(F)(F)F)cc2Cl)C1.I. The smallest absolute Gasteiger partial charge is 0.357 e. The zero-order valence-corrected chi connectivity index (χ0v) is 17.1. The van der Waals surface area contributed by atoms with Crippen LogP contribution in [0.15, 0.2) is 17.3 Å². The zero-order valence-electron chi connectivity index (χ0n) is 14.0. The normalized spacial score (nSPS) is 18.1. The number of rotatable bonds is 4. The Morgan fingerprint density at radius 3 is 2.72 bits per heavy atom. The van der Waals surface area contributed by atoms with E-state index < -0.39 is 11.7 Å². The predicted molar refractivity (Wildman–Crippen MR) is 105 cm³/mol. The Kier molecular flexibility index (Phi) is 8.52. The van der Waals surface area contributed by atoms with Crippen LogP contribution >= 0.6 is 35.6 Å². The van der Waals surface area contributed by atoms with Gasteiger partial charge in [0.05, 0.1) is 10.6 Å². The fraction of sp³-hybridized carbons (Fsp3) is 0.600.